The van der Waals surface area contributed by atoms with Crippen molar-refractivity contribution in [2.75, 3.05) is 17.6 Å². The molecule has 1 saturated heterocycles. The van der Waals surface area contributed by atoms with Gasteiger partial charge in [-0.05, 0) is 23.6 Å². The van der Waals surface area contributed by atoms with E-state index >= 15 is 0 Å². The van der Waals surface area contributed by atoms with Crippen LogP contribution in [-0.4, -0.2) is 23.2 Å². The average molecular weight is 359 g/mol. The van der Waals surface area contributed by atoms with Gasteiger partial charge in [-0.3, -0.25) is 0 Å². The van der Waals surface area contributed by atoms with Crippen LogP contribution in [0.3, 0.4) is 0 Å². The van der Waals surface area contributed by atoms with Crippen molar-refractivity contribution in [1.82, 2.24) is 4.90 Å². The summed E-state index contributed by atoms with van der Waals surface area (Å²) >= 11 is 15.6. The molecular weight excluding hydrogens is 347 g/mol. The molecular formula is C14H12Cl2N2OS2. The summed E-state index contributed by atoms with van der Waals surface area (Å²) in [6.45, 7) is 0.709. The average Bonchev–Trinajstić information content (AvgIpc) is 3.12. The van der Waals surface area contributed by atoms with E-state index in [1.54, 1.807) is 41.3 Å². The Labute approximate surface area is 141 Å². The minimum atomic E-state index is -0.173. The third-order valence-electron chi connectivity index (χ3n) is 3.13. The minimum Gasteiger partial charge on any atom is -0.307 e. The van der Waals surface area contributed by atoms with Crippen LogP contribution in [-0.2, 0) is 0 Å². The van der Waals surface area contributed by atoms with Gasteiger partial charge in [0, 0.05) is 17.2 Å². The first-order valence-corrected chi connectivity index (χ1v) is 9.02. The van der Waals surface area contributed by atoms with E-state index in [1.165, 1.54) is 4.88 Å². The minimum absolute atomic E-state index is 0.0614. The first-order chi connectivity index (χ1) is 10.2. The van der Waals surface area contributed by atoms with Gasteiger partial charge in [-0.15, -0.1) is 23.1 Å². The van der Waals surface area contributed by atoms with Gasteiger partial charge in [0.05, 0.1) is 15.7 Å². The van der Waals surface area contributed by atoms with E-state index in [1.807, 2.05) is 16.3 Å². The van der Waals surface area contributed by atoms with E-state index in [4.69, 9.17) is 23.2 Å². The fourth-order valence-corrected chi connectivity index (χ4v) is 4.87. The molecule has 1 fully saturated rings. The molecule has 0 aliphatic carbocycles. The number of hydrogen-bond acceptors (Lipinski definition) is 3. The van der Waals surface area contributed by atoms with Crippen molar-refractivity contribution >= 4 is 58.0 Å². The van der Waals surface area contributed by atoms with Gasteiger partial charge in [0.1, 0.15) is 5.37 Å². The zero-order valence-corrected chi connectivity index (χ0v) is 14.0. The lowest BCUT2D eigenvalue weighted by atomic mass is 10.3. The van der Waals surface area contributed by atoms with Crippen molar-refractivity contribution in [3.05, 3.63) is 50.6 Å². The standard InChI is InChI=1S/C14H12Cl2N2OS2/c15-9-3-1-4-10(16)12(9)17-14(19)18-6-8-21-13(18)11-5-2-7-20-11/h1-5,7,13H,6,8H2,(H,17,19)/t13-/m0/s1. The lowest BCUT2D eigenvalue weighted by Gasteiger charge is -2.23. The van der Waals surface area contributed by atoms with E-state index < -0.39 is 0 Å². The van der Waals surface area contributed by atoms with Gasteiger partial charge in [-0.1, -0.05) is 35.3 Å². The molecule has 1 aliphatic rings. The molecule has 1 atom stereocenters. The first-order valence-electron chi connectivity index (χ1n) is 6.33. The molecule has 1 aromatic carbocycles. The van der Waals surface area contributed by atoms with Gasteiger partial charge in [0.2, 0.25) is 0 Å². The van der Waals surface area contributed by atoms with Crippen LogP contribution in [0.5, 0.6) is 0 Å². The Morgan fingerprint density at radius 1 is 1.24 bits per heavy atom. The Morgan fingerprint density at radius 3 is 2.67 bits per heavy atom. The second kappa shape index (κ2) is 6.48. The van der Waals surface area contributed by atoms with Crippen molar-refractivity contribution in [2.24, 2.45) is 0 Å². The molecule has 21 heavy (non-hydrogen) atoms. The van der Waals surface area contributed by atoms with E-state index in [0.29, 0.717) is 22.3 Å². The monoisotopic (exact) mass is 358 g/mol. The van der Waals surface area contributed by atoms with Gasteiger partial charge in [0.25, 0.3) is 0 Å². The quantitative estimate of drug-likeness (QED) is 0.786. The SMILES string of the molecule is O=C(Nc1c(Cl)cccc1Cl)N1CCS[C@H]1c1cccs1. The Kier molecular flexibility index (Phi) is 4.64. The number of rotatable bonds is 2. The van der Waals surface area contributed by atoms with Crippen LogP contribution >= 0.6 is 46.3 Å². The molecule has 0 radical (unpaired) electrons. The summed E-state index contributed by atoms with van der Waals surface area (Å²) in [6.07, 6.45) is 0. The largest absolute Gasteiger partial charge is 0.323 e. The molecule has 3 rings (SSSR count). The molecule has 0 saturated carbocycles. The number of carbonyl (C=O) groups is 1. The number of nitrogens with zero attached hydrogens (tertiary/aromatic N) is 1. The number of carbonyl (C=O) groups excluding carboxylic acids is 1. The zero-order valence-electron chi connectivity index (χ0n) is 10.9. The van der Waals surface area contributed by atoms with Crippen LogP contribution in [0.15, 0.2) is 35.7 Å². The first kappa shape index (κ1) is 15.0. The zero-order chi connectivity index (χ0) is 14.8. The number of nitrogens with one attached hydrogen (secondary N) is 1. The second-order valence-corrected chi connectivity index (χ2v) is 7.44. The predicted octanol–water partition coefficient (Wildman–Crippen LogP) is 5.33. The van der Waals surface area contributed by atoms with Crippen LogP contribution in [0.4, 0.5) is 10.5 Å². The number of benzene rings is 1. The van der Waals surface area contributed by atoms with Crippen molar-refractivity contribution in [3.8, 4) is 0 Å². The lowest BCUT2D eigenvalue weighted by molar-refractivity contribution is 0.215. The fourth-order valence-electron chi connectivity index (χ4n) is 2.14. The highest BCUT2D eigenvalue weighted by molar-refractivity contribution is 7.99. The number of urea groups is 1. The molecule has 0 unspecified atom stereocenters. The van der Waals surface area contributed by atoms with Crippen LogP contribution < -0.4 is 5.32 Å². The molecule has 3 nitrogen and oxygen atoms in total. The number of para-hydroxylation sites is 1. The number of amides is 2. The van der Waals surface area contributed by atoms with Crippen LogP contribution in [0.25, 0.3) is 0 Å². The maximum absolute atomic E-state index is 12.5. The molecule has 0 spiro atoms. The number of thiophene rings is 1. The van der Waals surface area contributed by atoms with Crippen LogP contribution in [0.1, 0.15) is 10.3 Å². The Balaban J connectivity index is 1.79. The summed E-state index contributed by atoms with van der Waals surface area (Å²) in [5, 5.41) is 5.79. The van der Waals surface area contributed by atoms with E-state index in [9.17, 15) is 4.79 Å². The third kappa shape index (κ3) is 3.16. The van der Waals surface area contributed by atoms with Gasteiger partial charge >= 0.3 is 6.03 Å². The molecule has 1 N–H and O–H groups in total. The summed E-state index contributed by atoms with van der Waals surface area (Å²) in [4.78, 5) is 15.5. The highest BCUT2D eigenvalue weighted by atomic mass is 35.5. The Morgan fingerprint density at radius 2 is 2.00 bits per heavy atom. The highest BCUT2D eigenvalue weighted by Crippen LogP contribution is 2.40. The second-order valence-electron chi connectivity index (χ2n) is 4.46. The van der Waals surface area contributed by atoms with E-state index in [2.05, 4.69) is 11.4 Å². The van der Waals surface area contributed by atoms with Crippen LogP contribution in [0, 0.1) is 0 Å². The molecule has 110 valence electrons. The Bertz CT molecular complexity index is 628. The lowest BCUT2D eigenvalue weighted by Crippen LogP contribution is -2.34. The van der Waals surface area contributed by atoms with Crippen molar-refractivity contribution < 1.29 is 4.79 Å². The fraction of sp³-hybridized carbons (Fsp3) is 0.214. The van der Waals surface area contributed by atoms with E-state index in [-0.39, 0.29) is 11.4 Å². The normalized spacial score (nSPS) is 18.0. The maximum atomic E-state index is 12.5. The molecule has 2 aromatic rings. The molecule has 2 heterocycles. The molecule has 2 amide bonds. The summed E-state index contributed by atoms with van der Waals surface area (Å²) in [6, 6.07) is 9.04. The summed E-state index contributed by atoms with van der Waals surface area (Å²) < 4.78 is 0. The number of hydrogen-bond donors (Lipinski definition) is 1. The predicted molar refractivity (Wildman–Crippen MR) is 91.7 cm³/mol. The highest BCUT2D eigenvalue weighted by Gasteiger charge is 2.31. The molecule has 1 aliphatic heterocycles. The number of halogens is 2. The van der Waals surface area contributed by atoms with Gasteiger partial charge in [-0.2, -0.15) is 0 Å². The van der Waals surface area contributed by atoms with Gasteiger partial charge in [0.15, 0.2) is 0 Å². The summed E-state index contributed by atoms with van der Waals surface area (Å²) in [5.74, 6) is 0.923. The number of anilines is 1. The van der Waals surface area contributed by atoms with Crippen molar-refractivity contribution in [2.45, 2.75) is 5.37 Å². The van der Waals surface area contributed by atoms with Crippen molar-refractivity contribution in [3.63, 3.8) is 0 Å². The van der Waals surface area contributed by atoms with Crippen LogP contribution in [0.2, 0.25) is 10.0 Å². The third-order valence-corrected chi connectivity index (χ3v) is 6.08. The summed E-state index contributed by atoms with van der Waals surface area (Å²) in [7, 11) is 0. The smallest absolute Gasteiger partial charge is 0.307 e. The number of thioether (sulfide) groups is 1. The van der Waals surface area contributed by atoms with Gasteiger partial charge < -0.3 is 10.2 Å². The van der Waals surface area contributed by atoms with Crippen molar-refractivity contribution in [1.29, 1.82) is 0 Å². The van der Waals surface area contributed by atoms with E-state index in [0.717, 1.165) is 5.75 Å². The molecule has 7 heteroatoms. The maximum Gasteiger partial charge on any atom is 0.323 e. The molecule has 1 aromatic heterocycles. The summed E-state index contributed by atoms with van der Waals surface area (Å²) in [5.41, 5.74) is 0.465. The Hall–Kier alpha value is -0.880. The van der Waals surface area contributed by atoms with Gasteiger partial charge in [-0.25, -0.2) is 4.79 Å². The topological polar surface area (TPSA) is 32.3 Å². The molecule has 0 bridgehead atoms.